The summed E-state index contributed by atoms with van der Waals surface area (Å²) in [4.78, 5) is 3.13. The molecule has 0 saturated carbocycles. The molecule has 0 aromatic heterocycles. The van der Waals surface area contributed by atoms with E-state index in [4.69, 9.17) is 9.47 Å². The summed E-state index contributed by atoms with van der Waals surface area (Å²) in [6.07, 6.45) is 3.84. The van der Waals surface area contributed by atoms with Crippen molar-refractivity contribution in [3.63, 3.8) is 0 Å². The van der Waals surface area contributed by atoms with Crippen LogP contribution in [0.15, 0.2) is 66.9 Å². The summed E-state index contributed by atoms with van der Waals surface area (Å²) in [5, 5.41) is 9.72. The van der Waals surface area contributed by atoms with Crippen molar-refractivity contribution < 1.29 is 14.6 Å². The molecule has 0 aromatic rings. The van der Waals surface area contributed by atoms with Crippen LogP contribution in [0.3, 0.4) is 0 Å². The van der Waals surface area contributed by atoms with Gasteiger partial charge in [-0.1, -0.05) is 58.9 Å². The van der Waals surface area contributed by atoms with Gasteiger partial charge in [-0.05, 0) is 55.2 Å². The Kier molecular flexibility index (Phi) is 9.46. The second-order valence-electron chi connectivity index (χ2n) is 5.89. The second-order valence-corrected chi connectivity index (χ2v) is 8.52. The van der Waals surface area contributed by atoms with Crippen LogP contribution >= 0.6 is 63.7 Å². The van der Waals surface area contributed by atoms with Crippen LogP contribution in [0.1, 0.15) is 13.8 Å². The SMILES string of the molecule is C=C(/C=C(Br)\C(O)=C\Br)C(C)(C)C(=C)/C=C(Br)\C(=C\Br)OCC1CO1. The highest BCUT2D eigenvalue weighted by Gasteiger charge is 2.26. The molecule has 0 radical (unpaired) electrons. The first-order chi connectivity index (χ1) is 11.6. The first kappa shape index (κ1) is 23.0. The monoisotopic (exact) mass is 600 g/mol. The van der Waals surface area contributed by atoms with Gasteiger partial charge in [0, 0.05) is 15.4 Å². The number of epoxide rings is 1. The Labute approximate surface area is 182 Å². The lowest BCUT2D eigenvalue weighted by Gasteiger charge is -2.27. The van der Waals surface area contributed by atoms with E-state index >= 15 is 0 Å². The van der Waals surface area contributed by atoms with Crippen molar-refractivity contribution in [3.8, 4) is 0 Å². The van der Waals surface area contributed by atoms with Gasteiger partial charge in [0.1, 0.15) is 24.2 Å². The minimum absolute atomic E-state index is 0.0829. The Hall–Kier alpha value is -0.0800. The molecule has 0 bridgehead atoms. The van der Waals surface area contributed by atoms with E-state index in [1.807, 2.05) is 19.9 Å². The van der Waals surface area contributed by atoms with Gasteiger partial charge in [0.15, 0.2) is 0 Å². The smallest absolute Gasteiger partial charge is 0.140 e. The van der Waals surface area contributed by atoms with Gasteiger partial charge in [0.2, 0.25) is 0 Å². The summed E-state index contributed by atoms with van der Waals surface area (Å²) in [5.41, 5.74) is 1.20. The summed E-state index contributed by atoms with van der Waals surface area (Å²) in [6, 6.07) is 0. The molecule has 0 spiro atoms. The first-order valence-electron chi connectivity index (χ1n) is 7.31. The molecule has 1 fully saturated rings. The zero-order valence-corrected chi connectivity index (χ0v) is 20.3. The fraction of sp³-hybridized carbons (Fsp3) is 0.333. The van der Waals surface area contributed by atoms with Crippen LogP contribution in [0.25, 0.3) is 0 Å². The zero-order valence-electron chi connectivity index (χ0n) is 14.0. The maximum atomic E-state index is 9.72. The number of halogens is 4. The predicted octanol–water partition coefficient (Wildman–Crippen LogP) is 7.13. The molecule has 1 aliphatic heterocycles. The molecule has 7 heteroatoms. The number of rotatable bonds is 9. The molecule has 1 saturated heterocycles. The molecular weight excluding hydrogens is 584 g/mol. The van der Waals surface area contributed by atoms with Gasteiger partial charge in [0.05, 0.1) is 15.6 Å². The highest BCUT2D eigenvalue weighted by molar-refractivity contribution is 9.12. The van der Waals surface area contributed by atoms with Crippen LogP contribution < -0.4 is 0 Å². The van der Waals surface area contributed by atoms with Crippen molar-refractivity contribution in [2.24, 2.45) is 5.41 Å². The van der Waals surface area contributed by atoms with E-state index in [9.17, 15) is 5.11 Å². The topological polar surface area (TPSA) is 42.0 Å². The highest BCUT2D eigenvalue weighted by Crippen LogP contribution is 2.38. The molecule has 1 atom stereocenters. The van der Waals surface area contributed by atoms with E-state index in [1.54, 1.807) is 11.1 Å². The third-order valence-corrected chi connectivity index (χ3v) is 5.82. The van der Waals surface area contributed by atoms with Crippen LogP contribution in [0, 0.1) is 5.41 Å². The van der Waals surface area contributed by atoms with E-state index in [0.717, 1.165) is 22.2 Å². The number of aliphatic hydroxyl groups excluding tert-OH is 1. The van der Waals surface area contributed by atoms with Crippen LogP contribution in [0.4, 0.5) is 0 Å². The molecule has 0 aromatic carbocycles. The number of hydrogen-bond donors (Lipinski definition) is 1. The summed E-state index contributed by atoms with van der Waals surface area (Å²) >= 11 is 13.3. The molecule has 138 valence electrons. The van der Waals surface area contributed by atoms with E-state index in [-0.39, 0.29) is 11.9 Å². The molecule has 3 nitrogen and oxygen atoms in total. The third-order valence-electron chi connectivity index (χ3n) is 3.72. The minimum Gasteiger partial charge on any atom is -0.506 e. The van der Waals surface area contributed by atoms with Crippen LogP contribution in [-0.4, -0.2) is 24.4 Å². The summed E-state index contributed by atoms with van der Waals surface area (Å²) in [5.74, 6) is 0.745. The molecular formula is C18H20Br4O3. The van der Waals surface area contributed by atoms with Gasteiger partial charge in [-0.2, -0.15) is 0 Å². The van der Waals surface area contributed by atoms with Gasteiger partial charge < -0.3 is 14.6 Å². The van der Waals surface area contributed by atoms with Crippen molar-refractivity contribution in [2.75, 3.05) is 13.2 Å². The average Bonchev–Trinajstić information content (AvgIpc) is 3.38. The first-order valence-corrected chi connectivity index (χ1v) is 10.7. The Morgan fingerprint density at radius 1 is 1.16 bits per heavy atom. The fourth-order valence-electron chi connectivity index (χ4n) is 1.57. The van der Waals surface area contributed by atoms with Gasteiger partial charge >= 0.3 is 0 Å². The predicted molar refractivity (Wildman–Crippen MR) is 118 cm³/mol. The van der Waals surface area contributed by atoms with Crippen molar-refractivity contribution in [2.45, 2.75) is 20.0 Å². The van der Waals surface area contributed by atoms with Crippen molar-refractivity contribution in [1.29, 1.82) is 0 Å². The van der Waals surface area contributed by atoms with Crippen molar-refractivity contribution >= 4 is 63.7 Å². The summed E-state index contributed by atoms with van der Waals surface area (Å²) in [7, 11) is 0. The fourth-order valence-corrected chi connectivity index (χ4v) is 3.71. The Balaban J connectivity index is 2.88. The quantitative estimate of drug-likeness (QED) is 0.173. The number of aliphatic hydroxyl groups is 1. The van der Waals surface area contributed by atoms with E-state index < -0.39 is 5.41 Å². The Bertz CT molecular complexity index is 653. The molecule has 1 unspecified atom stereocenters. The number of ether oxygens (including phenoxy) is 2. The maximum absolute atomic E-state index is 9.72. The zero-order chi connectivity index (χ0) is 19.2. The lowest BCUT2D eigenvalue weighted by Crippen LogP contribution is -2.15. The van der Waals surface area contributed by atoms with Crippen LogP contribution in [0.5, 0.6) is 0 Å². The standard InChI is InChI=1S/C18H20Br4O3/c1-11(5-14(21)16(23)7-19)18(3,4)12(2)6-15(22)17(8-20)25-10-13-9-24-13/h5-8,13,23H,1-2,9-10H2,3-4H3/b14-5+,15-6+,16-7-,17-8-. The highest BCUT2D eigenvalue weighted by atomic mass is 79.9. The molecule has 1 aliphatic rings. The van der Waals surface area contributed by atoms with Gasteiger partial charge in [0.25, 0.3) is 0 Å². The molecule has 1 rings (SSSR count). The Morgan fingerprint density at radius 3 is 2.12 bits per heavy atom. The third kappa shape index (κ3) is 7.21. The Morgan fingerprint density at radius 2 is 1.68 bits per heavy atom. The summed E-state index contributed by atoms with van der Waals surface area (Å²) in [6.45, 7) is 13.5. The van der Waals surface area contributed by atoms with Crippen molar-refractivity contribution in [3.05, 3.63) is 66.9 Å². The van der Waals surface area contributed by atoms with Gasteiger partial charge in [-0.3, -0.25) is 0 Å². The molecule has 1 heterocycles. The maximum Gasteiger partial charge on any atom is 0.140 e. The minimum atomic E-state index is -0.429. The van der Waals surface area contributed by atoms with Gasteiger partial charge in [-0.15, -0.1) is 0 Å². The molecule has 25 heavy (non-hydrogen) atoms. The molecule has 1 N–H and O–H groups in total. The second kappa shape index (κ2) is 10.3. The van der Waals surface area contributed by atoms with Crippen LogP contribution in [0.2, 0.25) is 0 Å². The molecule has 0 amide bonds. The van der Waals surface area contributed by atoms with Crippen molar-refractivity contribution in [1.82, 2.24) is 0 Å². The van der Waals surface area contributed by atoms with Crippen LogP contribution in [-0.2, 0) is 9.47 Å². The normalized spacial score (nSPS) is 19.7. The lowest BCUT2D eigenvalue weighted by atomic mass is 9.78. The lowest BCUT2D eigenvalue weighted by molar-refractivity contribution is 0.193. The number of hydrogen-bond acceptors (Lipinski definition) is 3. The van der Waals surface area contributed by atoms with E-state index in [2.05, 4.69) is 76.9 Å². The van der Waals surface area contributed by atoms with Gasteiger partial charge in [-0.25, -0.2) is 0 Å². The average molecular weight is 604 g/mol. The largest absolute Gasteiger partial charge is 0.506 e. The molecule has 0 aliphatic carbocycles. The number of allylic oxidation sites excluding steroid dienone is 6. The van der Waals surface area contributed by atoms with E-state index in [1.165, 1.54) is 4.99 Å². The summed E-state index contributed by atoms with van der Waals surface area (Å²) < 4.78 is 12.2. The van der Waals surface area contributed by atoms with E-state index in [0.29, 0.717) is 16.8 Å².